The molecule has 104 valence electrons. The van der Waals surface area contributed by atoms with Crippen molar-refractivity contribution in [2.24, 2.45) is 11.8 Å². The number of benzene rings is 1. The Morgan fingerprint density at radius 2 is 1.95 bits per heavy atom. The summed E-state index contributed by atoms with van der Waals surface area (Å²) in [4.78, 5) is 14.2. The minimum Gasteiger partial charge on any atom is -0.466 e. The van der Waals surface area contributed by atoms with Crippen molar-refractivity contribution in [3.05, 3.63) is 30.3 Å². The van der Waals surface area contributed by atoms with Crippen LogP contribution in [0.2, 0.25) is 0 Å². The molecule has 1 fully saturated rings. The maximum Gasteiger partial charge on any atom is 0.308 e. The van der Waals surface area contributed by atoms with Crippen LogP contribution >= 0.6 is 0 Å². The molecule has 0 aliphatic carbocycles. The summed E-state index contributed by atoms with van der Waals surface area (Å²) in [6.07, 6.45) is 2.13. The lowest BCUT2D eigenvalue weighted by atomic mass is 9.85. The van der Waals surface area contributed by atoms with Crippen LogP contribution in [0.15, 0.2) is 30.3 Å². The van der Waals surface area contributed by atoms with Crippen molar-refractivity contribution in [1.29, 1.82) is 0 Å². The van der Waals surface area contributed by atoms with Gasteiger partial charge in [-0.15, -0.1) is 0 Å². The summed E-state index contributed by atoms with van der Waals surface area (Å²) >= 11 is 0. The van der Waals surface area contributed by atoms with E-state index in [0.29, 0.717) is 12.5 Å². The van der Waals surface area contributed by atoms with E-state index in [-0.39, 0.29) is 11.9 Å². The predicted octanol–water partition coefficient (Wildman–Crippen LogP) is 3.10. The van der Waals surface area contributed by atoms with Crippen molar-refractivity contribution in [3.63, 3.8) is 0 Å². The number of rotatable bonds is 4. The standard InChI is InChI=1S/C16H23NO2/c1-3-19-16(18)13(2)14-9-11-17(12-10-14)15-7-5-4-6-8-15/h4-8,13-14H,3,9-12H2,1-2H3. The van der Waals surface area contributed by atoms with E-state index in [1.807, 2.05) is 19.9 Å². The summed E-state index contributed by atoms with van der Waals surface area (Å²) in [5, 5.41) is 0. The second-order valence-corrected chi connectivity index (χ2v) is 5.20. The van der Waals surface area contributed by atoms with Crippen LogP contribution in [-0.4, -0.2) is 25.7 Å². The van der Waals surface area contributed by atoms with E-state index < -0.39 is 0 Å². The zero-order valence-corrected chi connectivity index (χ0v) is 11.8. The first-order valence-electron chi connectivity index (χ1n) is 7.19. The number of nitrogens with zero attached hydrogens (tertiary/aromatic N) is 1. The summed E-state index contributed by atoms with van der Waals surface area (Å²) in [7, 11) is 0. The molecule has 0 spiro atoms. The number of carbonyl (C=O) groups is 1. The molecule has 19 heavy (non-hydrogen) atoms. The van der Waals surface area contributed by atoms with Gasteiger partial charge in [0.25, 0.3) is 0 Å². The molecular formula is C16H23NO2. The largest absolute Gasteiger partial charge is 0.466 e. The summed E-state index contributed by atoms with van der Waals surface area (Å²) in [6.45, 7) is 6.40. The highest BCUT2D eigenvalue weighted by atomic mass is 16.5. The van der Waals surface area contributed by atoms with Crippen molar-refractivity contribution in [3.8, 4) is 0 Å². The van der Waals surface area contributed by atoms with Crippen molar-refractivity contribution >= 4 is 11.7 Å². The normalized spacial score (nSPS) is 18.1. The molecule has 1 aliphatic rings. The fraction of sp³-hybridized carbons (Fsp3) is 0.562. The van der Waals surface area contributed by atoms with Crippen LogP contribution in [0.5, 0.6) is 0 Å². The molecule has 1 atom stereocenters. The van der Waals surface area contributed by atoms with Gasteiger partial charge in [-0.3, -0.25) is 4.79 Å². The van der Waals surface area contributed by atoms with Crippen LogP contribution in [0.4, 0.5) is 5.69 Å². The summed E-state index contributed by atoms with van der Waals surface area (Å²) in [6, 6.07) is 10.5. The van der Waals surface area contributed by atoms with Crippen molar-refractivity contribution in [2.75, 3.05) is 24.6 Å². The maximum absolute atomic E-state index is 11.8. The highest BCUT2D eigenvalue weighted by Crippen LogP contribution is 2.28. The summed E-state index contributed by atoms with van der Waals surface area (Å²) < 4.78 is 5.12. The lowest BCUT2D eigenvalue weighted by Crippen LogP contribution is -2.37. The van der Waals surface area contributed by atoms with Crippen molar-refractivity contribution < 1.29 is 9.53 Å². The van der Waals surface area contributed by atoms with E-state index in [1.54, 1.807) is 0 Å². The Labute approximate surface area is 115 Å². The van der Waals surface area contributed by atoms with E-state index in [9.17, 15) is 4.79 Å². The van der Waals surface area contributed by atoms with E-state index >= 15 is 0 Å². The number of esters is 1. The first-order valence-corrected chi connectivity index (χ1v) is 7.19. The van der Waals surface area contributed by atoms with E-state index in [0.717, 1.165) is 25.9 Å². The molecule has 1 aliphatic heterocycles. The lowest BCUT2D eigenvalue weighted by Gasteiger charge is -2.35. The monoisotopic (exact) mass is 261 g/mol. The van der Waals surface area contributed by atoms with Crippen LogP contribution in [0.3, 0.4) is 0 Å². The van der Waals surface area contributed by atoms with E-state index in [2.05, 4.69) is 29.2 Å². The molecule has 0 radical (unpaired) electrons. The SMILES string of the molecule is CCOC(=O)C(C)C1CCN(c2ccccc2)CC1. The number of para-hydroxylation sites is 1. The number of anilines is 1. The fourth-order valence-electron chi connectivity index (χ4n) is 2.76. The number of hydrogen-bond acceptors (Lipinski definition) is 3. The Morgan fingerprint density at radius 1 is 1.32 bits per heavy atom. The minimum absolute atomic E-state index is 0.0258. The zero-order valence-electron chi connectivity index (χ0n) is 11.8. The first-order chi connectivity index (χ1) is 9.22. The van der Waals surface area contributed by atoms with Crippen molar-refractivity contribution in [2.45, 2.75) is 26.7 Å². The van der Waals surface area contributed by atoms with Gasteiger partial charge in [0.1, 0.15) is 0 Å². The molecule has 1 heterocycles. The van der Waals surface area contributed by atoms with Gasteiger partial charge in [0.15, 0.2) is 0 Å². The smallest absolute Gasteiger partial charge is 0.308 e. The van der Waals surface area contributed by atoms with Gasteiger partial charge in [0, 0.05) is 18.8 Å². The second kappa shape index (κ2) is 6.60. The predicted molar refractivity (Wildman–Crippen MR) is 77.2 cm³/mol. The Balaban J connectivity index is 1.87. The van der Waals surface area contributed by atoms with Crippen LogP contribution in [0.1, 0.15) is 26.7 Å². The quantitative estimate of drug-likeness (QED) is 0.780. The molecule has 1 saturated heterocycles. The van der Waals surface area contributed by atoms with Gasteiger partial charge in [-0.1, -0.05) is 25.1 Å². The van der Waals surface area contributed by atoms with Crippen LogP contribution in [0.25, 0.3) is 0 Å². The highest BCUT2D eigenvalue weighted by molar-refractivity contribution is 5.72. The van der Waals surface area contributed by atoms with Crippen LogP contribution in [0, 0.1) is 11.8 Å². The Morgan fingerprint density at radius 3 is 2.53 bits per heavy atom. The number of carbonyl (C=O) groups excluding carboxylic acids is 1. The fourth-order valence-corrected chi connectivity index (χ4v) is 2.76. The molecule has 1 unspecified atom stereocenters. The molecule has 1 aromatic carbocycles. The first kappa shape index (κ1) is 13.9. The second-order valence-electron chi connectivity index (χ2n) is 5.20. The topological polar surface area (TPSA) is 29.5 Å². The van der Waals surface area contributed by atoms with Crippen LogP contribution < -0.4 is 4.90 Å². The lowest BCUT2D eigenvalue weighted by molar-refractivity contribution is -0.149. The van der Waals surface area contributed by atoms with Crippen molar-refractivity contribution in [1.82, 2.24) is 0 Å². The Hall–Kier alpha value is -1.51. The van der Waals surface area contributed by atoms with Gasteiger partial charge in [0.2, 0.25) is 0 Å². The molecule has 2 rings (SSSR count). The molecule has 0 aromatic heterocycles. The van der Waals surface area contributed by atoms with Gasteiger partial charge < -0.3 is 9.64 Å². The molecular weight excluding hydrogens is 238 g/mol. The molecule has 3 nitrogen and oxygen atoms in total. The average molecular weight is 261 g/mol. The molecule has 1 aromatic rings. The molecule has 0 bridgehead atoms. The molecule has 3 heteroatoms. The van der Waals surface area contributed by atoms with Crippen LogP contribution in [-0.2, 0) is 9.53 Å². The Bertz CT molecular complexity index is 396. The van der Waals surface area contributed by atoms with E-state index in [1.165, 1.54) is 5.69 Å². The van der Waals surface area contributed by atoms with E-state index in [4.69, 9.17) is 4.74 Å². The highest BCUT2D eigenvalue weighted by Gasteiger charge is 2.28. The molecule has 0 N–H and O–H groups in total. The summed E-state index contributed by atoms with van der Waals surface area (Å²) in [5.74, 6) is 0.442. The van der Waals surface area contributed by atoms with Gasteiger partial charge in [-0.25, -0.2) is 0 Å². The third kappa shape index (κ3) is 3.49. The number of piperidine rings is 1. The molecule has 0 saturated carbocycles. The summed E-state index contributed by atoms with van der Waals surface area (Å²) in [5.41, 5.74) is 1.28. The number of ether oxygens (including phenoxy) is 1. The van der Waals surface area contributed by atoms with Gasteiger partial charge in [-0.05, 0) is 37.8 Å². The Kier molecular flexibility index (Phi) is 4.83. The van der Waals surface area contributed by atoms with Gasteiger partial charge >= 0.3 is 5.97 Å². The third-order valence-corrected chi connectivity index (χ3v) is 4.03. The van der Waals surface area contributed by atoms with Gasteiger partial charge in [0.05, 0.1) is 12.5 Å². The minimum atomic E-state index is -0.0411. The molecule has 0 amide bonds. The third-order valence-electron chi connectivity index (χ3n) is 4.03. The average Bonchev–Trinajstić information content (AvgIpc) is 2.48. The van der Waals surface area contributed by atoms with Gasteiger partial charge in [-0.2, -0.15) is 0 Å². The zero-order chi connectivity index (χ0) is 13.7. The number of hydrogen-bond donors (Lipinski definition) is 0. The maximum atomic E-state index is 11.8.